The van der Waals surface area contributed by atoms with Gasteiger partial charge in [0.05, 0.1) is 25.2 Å². The normalized spacial score (nSPS) is 18.3. The van der Waals surface area contributed by atoms with E-state index in [1.807, 2.05) is 0 Å². The Kier molecular flexibility index (Phi) is 2.90. The second-order valence-corrected chi connectivity index (χ2v) is 3.29. The van der Waals surface area contributed by atoms with E-state index in [0.29, 0.717) is 0 Å². The fraction of sp³-hybridized carbons (Fsp3) is 0.556. The first-order valence-corrected chi connectivity index (χ1v) is 4.68. The van der Waals surface area contributed by atoms with Crippen molar-refractivity contribution in [1.82, 2.24) is 14.9 Å². The Morgan fingerprint density at radius 3 is 3.00 bits per heavy atom. The molecule has 0 amide bonds. The van der Waals surface area contributed by atoms with Gasteiger partial charge in [-0.1, -0.05) is 0 Å². The lowest BCUT2D eigenvalue weighted by Crippen LogP contribution is -2.36. The van der Waals surface area contributed by atoms with Crippen molar-refractivity contribution in [2.75, 3.05) is 26.3 Å². The van der Waals surface area contributed by atoms with Crippen molar-refractivity contribution in [3.05, 3.63) is 28.4 Å². The Balaban J connectivity index is 1.99. The molecule has 0 aromatic carbocycles. The number of morpholine rings is 1. The molecule has 2 heterocycles. The zero-order chi connectivity index (χ0) is 9.80. The molecule has 1 aliphatic heterocycles. The summed E-state index contributed by atoms with van der Waals surface area (Å²) in [5.74, 6) is 0. The number of hydrogen-bond donors (Lipinski definition) is 1. The van der Waals surface area contributed by atoms with Crippen molar-refractivity contribution >= 4 is 0 Å². The average Bonchev–Trinajstić information content (AvgIpc) is 2.19. The summed E-state index contributed by atoms with van der Waals surface area (Å²) >= 11 is 0. The molecule has 0 unspecified atom stereocenters. The molecule has 1 saturated heterocycles. The van der Waals surface area contributed by atoms with Crippen molar-refractivity contribution in [2.45, 2.75) is 6.54 Å². The molecule has 0 aliphatic carbocycles. The molecular formula is C9H13N3O2. The third kappa shape index (κ3) is 2.40. The molecule has 1 aliphatic rings. The fourth-order valence-electron chi connectivity index (χ4n) is 1.48. The van der Waals surface area contributed by atoms with Crippen LogP contribution in [0, 0.1) is 0 Å². The first kappa shape index (κ1) is 9.36. The van der Waals surface area contributed by atoms with Crippen LogP contribution in [-0.4, -0.2) is 41.2 Å². The lowest BCUT2D eigenvalue weighted by atomic mass is 10.3. The number of hydrogen-bond acceptors (Lipinski definition) is 4. The lowest BCUT2D eigenvalue weighted by molar-refractivity contribution is 0.0336. The molecule has 5 nitrogen and oxygen atoms in total. The molecule has 1 aromatic rings. The third-order valence-corrected chi connectivity index (χ3v) is 2.22. The first-order valence-electron chi connectivity index (χ1n) is 4.68. The molecule has 5 heteroatoms. The molecule has 14 heavy (non-hydrogen) atoms. The Morgan fingerprint density at radius 1 is 1.50 bits per heavy atom. The lowest BCUT2D eigenvalue weighted by Gasteiger charge is -2.25. The summed E-state index contributed by atoms with van der Waals surface area (Å²) < 4.78 is 5.23. The second-order valence-electron chi connectivity index (χ2n) is 3.29. The van der Waals surface area contributed by atoms with E-state index in [2.05, 4.69) is 14.9 Å². The minimum Gasteiger partial charge on any atom is -0.379 e. The van der Waals surface area contributed by atoms with E-state index in [4.69, 9.17) is 4.74 Å². The van der Waals surface area contributed by atoms with Crippen molar-refractivity contribution in [1.29, 1.82) is 0 Å². The van der Waals surface area contributed by atoms with Gasteiger partial charge in [0.15, 0.2) is 0 Å². The zero-order valence-electron chi connectivity index (χ0n) is 7.90. The molecule has 0 radical (unpaired) electrons. The van der Waals surface area contributed by atoms with Crippen LogP contribution >= 0.6 is 0 Å². The fourth-order valence-corrected chi connectivity index (χ4v) is 1.48. The highest BCUT2D eigenvalue weighted by Gasteiger charge is 2.10. The van der Waals surface area contributed by atoms with Gasteiger partial charge in [0.1, 0.15) is 0 Å². The molecule has 1 N–H and O–H groups in total. The minimum absolute atomic E-state index is 0.0942. The number of H-pyrrole nitrogens is 1. The summed E-state index contributed by atoms with van der Waals surface area (Å²) in [6.07, 6.45) is 1.44. The SMILES string of the molecule is O=c1cc(CN2CCOCC2)nc[nH]1. The van der Waals surface area contributed by atoms with Gasteiger partial charge in [-0.05, 0) is 0 Å². The van der Waals surface area contributed by atoms with Gasteiger partial charge in [-0.3, -0.25) is 9.69 Å². The van der Waals surface area contributed by atoms with Crippen LogP contribution in [0.15, 0.2) is 17.2 Å². The minimum atomic E-state index is -0.0942. The highest BCUT2D eigenvalue weighted by Crippen LogP contribution is 2.01. The number of aromatic amines is 1. The molecule has 0 atom stereocenters. The maximum atomic E-state index is 11.0. The summed E-state index contributed by atoms with van der Waals surface area (Å²) in [4.78, 5) is 19.8. The number of ether oxygens (including phenoxy) is 1. The van der Waals surface area contributed by atoms with Crippen LogP contribution in [0.1, 0.15) is 5.69 Å². The number of rotatable bonds is 2. The van der Waals surface area contributed by atoms with Gasteiger partial charge in [0, 0.05) is 25.7 Å². The van der Waals surface area contributed by atoms with Gasteiger partial charge in [-0.25, -0.2) is 4.98 Å². The van der Waals surface area contributed by atoms with Crippen LogP contribution in [0.5, 0.6) is 0 Å². The van der Waals surface area contributed by atoms with E-state index in [9.17, 15) is 4.79 Å². The first-order chi connectivity index (χ1) is 6.84. The van der Waals surface area contributed by atoms with E-state index >= 15 is 0 Å². The van der Waals surface area contributed by atoms with Crippen LogP contribution < -0.4 is 5.56 Å². The molecule has 1 fully saturated rings. The van der Waals surface area contributed by atoms with E-state index < -0.39 is 0 Å². The van der Waals surface area contributed by atoms with Crippen LogP contribution in [0.2, 0.25) is 0 Å². The van der Waals surface area contributed by atoms with Crippen LogP contribution in [0.3, 0.4) is 0 Å². The van der Waals surface area contributed by atoms with Gasteiger partial charge >= 0.3 is 0 Å². The summed E-state index contributed by atoms with van der Waals surface area (Å²) in [6, 6.07) is 1.54. The maximum absolute atomic E-state index is 11.0. The predicted octanol–water partition coefficient (Wildman–Crippen LogP) is -0.398. The number of nitrogens with zero attached hydrogens (tertiary/aromatic N) is 2. The Bertz CT molecular complexity index is 344. The molecule has 2 rings (SSSR count). The molecule has 76 valence electrons. The predicted molar refractivity (Wildman–Crippen MR) is 51.0 cm³/mol. The third-order valence-electron chi connectivity index (χ3n) is 2.22. The highest BCUT2D eigenvalue weighted by molar-refractivity contribution is 4.98. The smallest absolute Gasteiger partial charge is 0.250 e. The second kappa shape index (κ2) is 4.34. The van der Waals surface area contributed by atoms with E-state index in [0.717, 1.165) is 38.5 Å². The average molecular weight is 195 g/mol. The van der Waals surface area contributed by atoms with E-state index in [-0.39, 0.29) is 5.56 Å². The molecular weight excluding hydrogens is 182 g/mol. The number of aromatic nitrogens is 2. The molecule has 0 bridgehead atoms. The van der Waals surface area contributed by atoms with Gasteiger partial charge in [-0.15, -0.1) is 0 Å². The summed E-state index contributed by atoms with van der Waals surface area (Å²) in [5.41, 5.74) is 0.721. The number of nitrogens with one attached hydrogen (secondary N) is 1. The summed E-state index contributed by atoms with van der Waals surface area (Å²) in [5, 5.41) is 0. The van der Waals surface area contributed by atoms with E-state index in [1.54, 1.807) is 0 Å². The highest BCUT2D eigenvalue weighted by atomic mass is 16.5. The van der Waals surface area contributed by atoms with Crippen LogP contribution in [0.25, 0.3) is 0 Å². The van der Waals surface area contributed by atoms with Gasteiger partial charge < -0.3 is 9.72 Å². The molecule has 1 aromatic heterocycles. The monoisotopic (exact) mass is 195 g/mol. The van der Waals surface area contributed by atoms with Gasteiger partial charge in [0.25, 0.3) is 5.56 Å². The van der Waals surface area contributed by atoms with E-state index in [1.165, 1.54) is 12.4 Å². The molecule has 0 saturated carbocycles. The standard InChI is InChI=1S/C9H13N3O2/c13-9-5-8(10-7-11-9)6-12-1-3-14-4-2-12/h5,7H,1-4,6H2,(H,10,11,13). The largest absolute Gasteiger partial charge is 0.379 e. The zero-order valence-corrected chi connectivity index (χ0v) is 7.90. The Labute approximate surface area is 81.7 Å². The van der Waals surface area contributed by atoms with Crippen molar-refractivity contribution in [2.24, 2.45) is 0 Å². The van der Waals surface area contributed by atoms with Crippen LogP contribution in [0.4, 0.5) is 0 Å². The Morgan fingerprint density at radius 2 is 2.29 bits per heavy atom. The summed E-state index contributed by atoms with van der Waals surface area (Å²) in [7, 11) is 0. The summed E-state index contributed by atoms with van der Waals surface area (Å²) in [6.45, 7) is 4.09. The van der Waals surface area contributed by atoms with Gasteiger partial charge in [-0.2, -0.15) is 0 Å². The topological polar surface area (TPSA) is 58.2 Å². The quantitative estimate of drug-likeness (QED) is 0.697. The van der Waals surface area contributed by atoms with Crippen molar-refractivity contribution in [3.8, 4) is 0 Å². The van der Waals surface area contributed by atoms with Crippen LogP contribution in [-0.2, 0) is 11.3 Å². The van der Waals surface area contributed by atoms with Crippen molar-refractivity contribution < 1.29 is 4.74 Å². The van der Waals surface area contributed by atoms with Gasteiger partial charge in [0.2, 0.25) is 0 Å². The maximum Gasteiger partial charge on any atom is 0.250 e. The van der Waals surface area contributed by atoms with Crippen molar-refractivity contribution in [3.63, 3.8) is 0 Å². The molecule has 0 spiro atoms. The Hall–Kier alpha value is -1.20.